The lowest BCUT2D eigenvalue weighted by atomic mass is 10.0. The maximum atomic E-state index is 11.2. The third kappa shape index (κ3) is 2.44. The van der Waals surface area contributed by atoms with Gasteiger partial charge in [-0.2, -0.15) is 0 Å². The molecule has 3 rings (SSSR count). The number of aromatic nitrogens is 2. The van der Waals surface area contributed by atoms with Crippen molar-refractivity contribution in [1.82, 2.24) is 9.97 Å². The summed E-state index contributed by atoms with van der Waals surface area (Å²) in [4.78, 5) is 21.1. The molecule has 0 amide bonds. The largest absolute Gasteiger partial charge is 0.478 e. The first-order valence-electron chi connectivity index (χ1n) is 6.38. The van der Waals surface area contributed by atoms with Gasteiger partial charge in [-0.25, -0.2) is 14.8 Å². The Morgan fingerprint density at radius 2 is 2.20 bits per heavy atom. The van der Waals surface area contributed by atoms with Crippen molar-refractivity contribution in [3.63, 3.8) is 0 Å². The van der Waals surface area contributed by atoms with E-state index in [1.54, 1.807) is 11.3 Å². The van der Waals surface area contributed by atoms with E-state index in [-0.39, 0.29) is 11.4 Å². The molecule has 2 aromatic rings. The molecule has 0 atom stereocenters. The summed E-state index contributed by atoms with van der Waals surface area (Å²) >= 11 is 1.57. The number of hydrogen-bond acceptors (Lipinski definition) is 6. The Hall–Kier alpha value is -2.15. The van der Waals surface area contributed by atoms with Gasteiger partial charge in [0.05, 0.1) is 17.6 Å². The second kappa shape index (κ2) is 5.09. The number of fused-ring (bicyclic) bond motifs is 1. The maximum Gasteiger partial charge on any atom is 0.339 e. The first-order chi connectivity index (χ1) is 9.63. The topological polar surface area (TPSA) is 101 Å². The van der Waals surface area contributed by atoms with Gasteiger partial charge in [-0.3, -0.25) is 0 Å². The van der Waals surface area contributed by atoms with Crippen LogP contribution in [0.1, 0.15) is 33.8 Å². The highest BCUT2D eigenvalue weighted by Gasteiger charge is 2.17. The lowest BCUT2D eigenvalue weighted by Crippen LogP contribution is -2.06. The molecule has 0 bridgehead atoms. The molecular formula is C13H14N4O2S. The average molecular weight is 290 g/mol. The van der Waals surface area contributed by atoms with Crippen LogP contribution < -0.4 is 11.1 Å². The Balaban J connectivity index is 1.91. The lowest BCUT2D eigenvalue weighted by Gasteiger charge is -2.06. The van der Waals surface area contributed by atoms with Gasteiger partial charge in [-0.1, -0.05) is 0 Å². The first kappa shape index (κ1) is 12.9. The number of anilines is 3. The van der Waals surface area contributed by atoms with E-state index in [1.165, 1.54) is 23.6 Å². The summed E-state index contributed by atoms with van der Waals surface area (Å²) in [5.74, 6) is -0.786. The summed E-state index contributed by atoms with van der Waals surface area (Å²) in [6, 6.07) is 1.39. The zero-order valence-corrected chi connectivity index (χ0v) is 11.5. The Bertz CT molecular complexity index is 645. The Morgan fingerprint density at radius 1 is 1.40 bits per heavy atom. The van der Waals surface area contributed by atoms with Gasteiger partial charge in [-0.05, 0) is 31.7 Å². The minimum atomic E-state index is -1.06. The number of pyridine rings is 1. The van der Waals surface area contributed by atoms with E-state index >= 15 is 0 Å². The van der Waals surface area contributed by atoms with Crippen molar-refractivity contribution < 1.29 is 9.90 Å². The number of nitrogen functional groups attached to an aromatic ring is 1. The fraction of sp³-hybridized carbons (Fsp3) is 0.308. The Kier molecular flexibility index (Phi) is 3.27. The number of nitrogens with one attached hydrogen (secondary N) is 1. The number of thiazole rings is 1. The van der Waals surface area contributed by atoms with Crippen molar-refractivity contribution >= 4 is 33.9 Å². The van der Waals surface area contributed by atoms with E-state index in [0.717, 1.165) is 25.0 Å². The fourth-order valence-corrected chi connectivity index (χ4v) is 3.30. The lowest BCUT2D eigenvalue weighted by molar-refractivity contribution is 0.0697. The molecule has 2 heterocycles. The van der Waals surface area contributed by atoms with Crippen LogP contribution in [0.3, 0.4) is 0 Å². The highest BCUT2D eigenvalue weighted by atomic mass is 32.1. The zero-order valence-electron chi connectivity index (χ0n) is 10.7. The summed E-state index contributed by atoms with van der Waals surface area (Å²) in [7, 11) is 0. The number of carboxylic acid groups (broad SMARTS) is 1. The number of nitrogens with zero attached hydrogens (tertiary/aromatic N) is 2. The average Bonchev–Trinajstić information content (AvgIpc) is 2.82. The normalized spacial score (nSPS) is 13.8. The summed E-state index contributed by atoms with van der Waals surface area (Å²) in [6.07, 6.45) is 5.83. The molecule has 0 unspecified atom stereocenters. The molecule has 2 aromatic heterocycles. The van der Waals surface area contributed by atoms with E-state index in [9.17, 15) is 9.90 Å². The predicted octanol–water partition coefficient (Wildman–Crippen LogP) is 2.44. The van der Waals surface area contributed by atoms with Gasteiger partial charge in [0.25, 0.3) is 0 Å². The van der Waals surface area contributed by atoms with E-state index in [2.05, 4.69) is 15.3 Å². The van der Waals surface area contributed by atoms with Crippen LogP contribution >= 0.6 is 11.3 Å². The van der Waals surface area contributed by atoms with Gasteiger partial charge in [0, 0.05) is 4.88 Å². The molecule has 0 fully saturated rings. The van der Waals surface area contributed by atoms with E-state index < -0.39 is 5.97 Å². The summed E-state index contributed by atoms with van der Waals surface area (Å²) < 4.78 is 0. The number of hydrogen-bond donors (Lipinski definition) is 3. The molecule has 0 aromatic carbocycles. The third-order valence-corrected chi connectivity index (χ3v) is 4.28. The van der Waals surface area contributed by atoms with Crippen molar-refractivity contribution in [2.75, 3.05) is 11.1 Å². The van der Waals surface area contributed by atoms with Gasteiger partial charge in [0.2, 0.25) is 0 Å². The van der Waals surface area contributed by atoms with Crippen molar-refractivity contribution in [3.8, 4) is 0 Å². The minimum Gasteiger partial charge on any atom is -0.478 e. The highest BCUT2D eigenvalue weighted by molar-refractivity contribution is 7.15. The Labute approximate surface area is 119 Å². The second-order valence-corrected chi connectivity index (χ2v) is 5.77. The molecule has 0 aliphatic heterocycles. The molecular weight excluding hydrogens is 276 g/mol. The van der Waals surface area contributed by atoms with Gasteiger partial charge >= 0.3 is 5.97 Å². The van der Waals surface area contributed by atoms with Crippen LogP contribution in [-0.2, 0) is 12.8 Å². The van der Waals surface area contributed by atoms with Crippen LogP contribution in [0, 0.1) is 0 Å². The maximum absolute atomic E-state index is 11.2. The molecule has 1 aliphatic rings. The van der Waals surface area contributed by atoms with Crippen molar-refractivity contribution in [2.24, 2.45) is 0 Å². The quantitative estimate of drug-likeness (QED) is 0.802. The predicted molar refractivity (Wildman–Crippen MR) is 77.6 cm³/mol. The second-order valence-electron chi connectivity index (χ2n) is 4.69. The third-order valence-electron chi connectivity index (χ3n) is 3.21. The van der Waals surface area contributed by atoms with E-state index in [1.807, 2.05) is 0 Å². The number of nitrogens with two attached hydrogens (primary N) is 1. The first-order valence-corrected chi connectivity index (χ1v) is 7.19. The molecule has 0 saturated heterocycles. The molecule has 1 aliphatic carbocycles. The van der Waals surface area contributed by atoms with Crippen LogP contribution in [0.15, 0.2) is 12.3 Å². The Morgan fingerprint density at radius 3 is 2.95 bits per heavy atom. The van der Waals surface area contributed by atoms with E-state index in [4.69, 9.17) is 5.73 Å². The molecule has 4 N–H and O–H groups in total. The number of rotatable bonds is 3. The van der Waals surface area contributed by atoms with Crippen molar-refractivity contribution in [1.29, 1.82) is 0 Å². The van der Waals surface area contributed by atoms with Crippen molar-refractivity contribution in [2.45, 2.75) is 25.7 Å². The summed E-state index contributed by atoms with van der Waals surface area (Å²) in [5.41, 5.74) is 7.07. The van der Waals surface area contributed by atoms with Gasteiger partial charge in [-0.15, -0.1) is 11.3 Å². The van der Waals surface area contributed by atoms with Gasteiger partial charge in [0.1, 0.15) is 11.4 Å². The van der Waals surface area contributed by atoms with Crippen LogP contribution in [0.5, 0.6) is 0 Å². The fourth-order valence-electron chi connectivity index (χ4n) is 2.25. The highest BCUT2D eigenvalue weighted by Crippen LogP contribution is 2.31. The molecule has 104 valence electrons. The molecule has 0 spiro atoms. The standard InChI is InChI=1S/C13H14N4O2S/c14-7-5-8(12(18)19)11(15-6-7)17-13-16-9-3-1-2-4-10(9)20-13/h5-6H,1-4,14H2,(H,18,19)(H,15,16,17). The smallest absolute Gasteiger partial charge is 0.339 e. The number of aromatic carboxylic acids is 1. The number of carbonyl (C=O) groups is 1. The molecule has 6 nitrogen and oxygen atoms in total. The monoisotopic (exact) mass is 290 g/mol. The number of aryl methyl sites for hydroxylation is 2. The molecule has 20 heavy (non-hydrogen) atoms. The van der Waals surface area contributed by atoms with Crippen LogP contribution in [0.4, 0.5) is 16.6 Å². The SMILES string of the molecule is Nc1cnc(Nc2nc3c(s2)CCCC3)c(C(=O)O)c1. The number of carboxylic acids is 1. The van der Waals surface area contributed by atoms with Crippen LogP contribution in [0.2, 0.25) is 0 Å². The van der Waals surface area contributed by atoms with E-state index in [0.29, 0.717) is 10.8 Å². The summed E-state index contributed by atoms with van der Waals surface area (Å²) in [5, 5.41) is 12.9. The van der Waals surface area contributed by atoms with Gasteiger partial charge < -0.3 is 16.2 Å². The van der Waals surface area contributed by atoms with Crippen LogP contribution in [0.25, 0.3) is 0 Å². The molecule has 0 radical (unpaired) electrons. The van der Waals surface area contributed by atoms with Crippen molar-refractivity contribution in [3.05, 3.63) is 28.4 Å². The van der Waals surface area contributed by atoms with Gasteiger partial charge in [0.15, 0.2) is 5.13 Å². The molecule has 0 saturated carbocycles. The minimum absolute atomic E-state index is 0.0539. The zero-order chi connectivity index (χ0) is 14.1. The summed E-state index contributed by atoms with van der Waals surface area (Å²) in [6.45, 7) is 0. The molecule has 7 heteroatoms. The van der Waals surface area contributed by atoms with Crippen LogP contribution in [-0.4, -0.2) is 21.0 Å².